The summed E-state index contributed by atoms with van der Waals surface area (Å²) in [6, 6.07) is 15.8. The van der Waals surface area contributed by atoms with Crippen LogP contribution >= 0.6 is 0 Å². The zero-order valence-corrected chi connectivity index (χ0v) is 17.8. The van der Waals surface area contributed by atoms with E-state index in [1.165, 1.54) is 0 Å². The molecule has 0 spiro atoms. The van der Waals surface area contributed by atoms with E-state index in [1.54, 1.807) is 43.5 Å². The number of anilines is 2. The third-order valence-electron chi connectivity index (χ3n) is 4.62. The van der Waals surface area contributed by atoms with Gasteiger partial charge in [-0.25, -0.2) is 0 Å². The van der Waals surface area contributed by atoms with Crippen LogP contribution in [0.25, 0.3) is 0 Å². The van der Waals surface area contributed by atoms with E-state index < -0.39 is 0 Å². The number of hydrogen-bond donors (Lipinski definition) is 2. The summed E-state index contributed by atoms with van der Waals surface area (Å²) in [5.74, 6) is 0.992. The first kappa shape index (κ1) is 22.0. The second-order valence-corrected chi connectivity index (χ2v) is 7.20. The van der Waals surface area contributed by atoms with Gasteiger partial charge in [-0.3, -0.25) is 14.5 Å². The van der Waals surface area contributed by atoms with Gasteiger partial charge in [0, 0.05) is 36.8 Å². The fourth-order valence-electron chi connectivity index (χ4n) is 3.01. The van der Waals surface area contributed by atoms with Gasteiger partial charge in [0.05, 0.1) is 18.5 Å². The molecule has 0 atom stereocenters. The second-order valence-electron chi connectivity index (χ2n) is 7.20. The monoisotopic (exact) mass is 422 g/mol. The highest BCUT2D eigenvalue weighted by atomic mass is 16.5. The SMILES string of the molecule is COc1ccccc1NC(=O)c1ccc(NC(=O)CCN(C)Cc2cc(C)on2)cc1. The first-order chi connectivity index (χ1) is 14.9. The molecule has 1 aromatic heterocycles. The van der Waals surface area contributed by atoms with Gasteiger partial charge >= 0.3 is 0 Å². The number of benzene rings is 2. The molecule has 2 amide bonds. The molecular weight excluding hydrogens is 396 g/mol. The van der Waals surface area contributed by atoms with E-state index in [0.29, 0.717) is 42.2 Å². The first-order valence-corrected chi connectivity index (χ1v) is 9.89. The van der Waals surface area contributed by atoms with Gasteiger partial charge in [-0.2, -0.15) is 0 Å². The van der Waals surface area contributed by atoms with Crippen molar-refractivity contribution in [2.75, 3.05) is 31.3 Å². The number of aromatic nitrogens is 1. The summed E-state index contributed by atoms with van der Waals surface area (Å²) in [4.78, 5) is 26.7. The van der Waals surface area contributed by atoms with Gasteiger partial charge in [0.2, 0.25) is 5.91 Å². The Kier molecular flexibility index (Phi) is 7.40. The van der Waals surface area contributed by atoms with E-state index in [1.807, 2.05) is 37.1 Å². The summed E-state index contributed by atoms with van der Waals surface area (Å²) in [5, 5.41) is 9.62. The van der Waals surface area contributed by atoms with Gasteiger partial charge in [-0.1, -0.05) is 17.3 Å². The summed E-state index contributed by atoms with van der Waals surface area (Å²) in [5.41, 5.74) is 2.54. The number of nitrogens with one attached hydrogen (secondary N) is 2. The molecule has 0 saturated carbocycles. The highest BCUT2D eigenvalue weighted by Crippen LogP contribution is 2.23. The number of amides is 2. The molecule has 162 valence electrons. The summed E-state index contributed by atoms with van der Waals surface area (Å²) in [6.07, 6.45) is 0.337. The number of hydrogen-bond acceptors (Lipinski definition) is 6. The number of rotatable bonds is 9. The predicted molar refractivity (Wildman–Crippen MR) is 118 cm³/mol. The van der Waals surface area contributed by atoms with Crippen LogP contribution in [0.5, 0.6) is 5.75 Å². The lowest BCUT2D eigenvalue weighted by Gasteiger charge is -2.14. The minimum Gasteiger partial charge on any atom is -0.495 e. The molecule has 0 saturated heterocycles. The number of aryl methyl sites for hydroxylation is 1. The van der Waals surface area contributed by atoms with Gasteiger partial charge in [-0.05, 0) is 50.4 Å². The number of carbonyl (C=O) groups excluding carboxylic acids is 2. The van der Waals surface area contributed by atoms with E-state index in [4.69, 9.17) is 9.26 Å². The van der Waals surface area contributed by atoms with Crippen LogP contribution in [0.3, 0.4) is 0 Å². The van der Waals surface area contributed by atoms with Crippen molar-refractivity contribution in [3.8, 4) is 5.75 Å². The number of carbonyl (C=O) groups is 2. The normalized spacial score (nSPS) is 10.7. The fourth-order valence-corrected chi connectivity index (χ4v) is 3.01. The number of para-hydroxylation sites is 2. The van der Waals surface area contributed by atoms with E-state index in [2.05, 4.69) is 15.8 Å². The van der Waals surface area contributed by atoms with Crippen LogP contribution in [0.4, 0.5) is 11.4 Å². The van der Waals surface area contributed by atoms with Crippen molar-refractivity contribution in [1.82, 2.24) is 10.1 Å². The Bertz CT molecular complexity index is 1030. The van der Waals surface area contributed by atoms with Crippen molar-refractivity contribution < 1.29 is 18.8 Å². The second kappa shape index (κ2) is 10.4. The maximum absolute atomic E-state index is 12.5. The Morgan fingerprint density at radius 1 is 1.10 bits per heavy atom. The Hall–Kier alpha value is -3.65. The van der Waals surface area contributed by atoms with Gasteiger partial charge in [0.1, 0.15) is 11.5 Å². The minimum atomic E-state index is -0.257. The molecule has 0 fully saturated rings. The number of ether oxygens (including phenoxy) is 1. The molecule has 8 heteroatoms. The van der Waals surface area contributed by atoms with Crippen molar-refractivity contribution in [2.45, 2.75) is 19.9 Å². The van der Waals surface area contributed by atoms with Gasteiger partial charge in [0.25, 0.3) is 5.91 Å². The molecule has 0 bridgehead atoms. The van der Waals surface area contributed by atoms with Crippen LogP contribution in [0.1, 0.15) is 28.2 Å². The lowest BCUT2D eigenvalue weighted by Crippen LogP contribution is -2.24. The molecule has 1 heterocycles. The standard InChI is InChI=1S/C23H26N4O4/c1-16-14-19(26-31-16)15-27(2)13-12-22(28)24-18-10-8-17(9-11-18)23(29)25-20-6-4-5-7-21(20)30-3/h4-11,14H,12-13,15H2,1-3H3,(H,24,28)(H,25,29). The van der Waals surface area contributed by atoms with Gasteiger partial charge in [-0.15, -0.1) is 0 Å². The number of methoxy groups -OCH3 is 1. The lowest BCUT2D eigenvalue weighted by molar-refractivity contribution is -0.116. The summed E-state index contributed by atoms with van der Waals surface area (Å²) in [6.45, 7) is 3.04. The molecule has 2 N–H and O–H groups in total. The molecule has 0 aliphatic carbocycles. The van der Waals surface area contributed by atoms with Crippen LogP contribution in [0.2, 0.25) is 0 Å². The van der Waals surface area contributed by atoms with Crippen LogP contribution in [0.15, 0.2) is 59.1 Å². The first-order valence-electron chi connectivity index (χ1n) is 9.89. The van der Waals surface area contributed by atoms with E-state index in [-0.39, 0.29) is 11.8 Å². The highest BCUT2D eigenvalue weighted by molar-refractivity contribution is 6.05. The third kappa shape index (κ3) is 6.42. The lowest BCUT2D eigenvalue weighted by atomic mass is 10.2. The van der Waals surface area contributed by atoms with Crippen molar-refractivity contribution >= 4 is 23.2 Å². The summed E-state index contributed by atoms with van der Waals surface area (Å²) >= 11 is 0. The van der Waals surface area contributed by atoms with Gasteiger partial charge in [0.15, 0.2) is 0 Å². The number of nitrogens with zero attached hydrogens (tertiary/aromatic N) is 2. The molecule has 8 nitrogen and oxygen atoms in total. The Labute approximate surface area is 181 Å². The molecule has 0 aliphatic rings. The molecule has 0 unspecified atom stereocenters. The van der Waals surface area contributed by atoms with E-state index in [0.717, 1.165) is 11.5 Å². The average Bonchev–Trinajstić information content (AvgIpc) is 3.17. The zero-order chi connectivity index (χ0) is 22.2. The smallest absolute Gasteiger partial charge is 0.255 e. The molecule has 0 aliphatic heterocycles. The van der Waals surface area contributed by atoms with Crippen molar-refractivity contribution in [1.29, 1.82) is 0 Å². The summed E-state index contributed by atoms with van der Waals surface area (Å²) < 4.78 is 10.3. The highest BCUT2D eigenvalue weighted by Gasteiger charge is 2.11. The largest absolute Gasteiger partial charge is 0.495 e. The molecule has 3 aromatic rings. The maximum atomic E-state index is 12.5. The predicted octanol–water partition coefficient (Wildman–Crippen LogP) is 3.70. The van der Waals surface area contributed by atoms with E-state index in [9.17, 15) is 9.59 Å². The quantitative estimate of drug-likeness (QED) is 0.546. The van der Waals surface area contributed by atoms with Crippen LogP contribution in [-0.4, -0.2) is 42.6 Å². The molecule has 3 rings (SSSR count). The van der Waals surface area contributed by atoms with Crippen LogP contribution in [0, 0.1) is 6.92 Å². The Morgan fingerprint density at radius 2 is 1.84 bits per heavy atom. The molecular formula is C23H26N4O4. The molecule has 2 aromatic carbocycles. The van der Waals surface area contributed by atoms with Crippen molar-refractivity contribution in [3.05, 3.63) is 71.6 Å². The van der Waals surface area contributed by atoms with E-state index >= 15 is 0 Å². The van der Waals surface area contributed by atoms with Crippen molar-refractivity contribution in [3.63, 3.8) is 0 Å². The summed E-state index contributed by atoms with van der Waals surface area (Å²) in [7, 11) is 3.47. The minimum absolute atomic E-state index is 0.102. The fraction of sp³-hybridized carbons (Fsp3) is 0.261. The zero-order valence-electron chi connectivity index (χ0n) is 17.8. The van der Waals surface area contributed by atoms with Crippen LogP contribution < -0.4 is 15.4 Å². The molecule has 0 radical (unpaired) electrons. The maximum Gasteiger partial charge on any atom is 0.255 e. The topological polar surface area (TPSA) is 96.7 Å². The average molecular weight is 422 g/mol. The molecule has 31 heavy (non-hydrogen) atoms. The van der Waals surface area contributed by atoms with Crippen LogP contribution in [-0.2, 0) is 11.3 Å². The Balaban J connectivity index is 1.48. The van der Waals surface area contributed by atoms with Gasteiger partial charge < -0.3 is 19.9 Å². The Morgan fingerprint density at radius 3 is 2.52 bits per heavy atom. The third-order valence-corrected chi connectivity index (χ3v) is 4.62. The van der Waals surface area contributed by atoms with Crippen molar-refractivity contribution in [2.24, 2.45) is 0 Å².